The van der Waals surface area contributed by atoms with Crippen LogP contribution in [0.5, 0.6) is 5.75 Å². The second kappa shape index (κ2) is 2.60. The molecular weight excluding hydrogens is 172 g/mol. The molecule has 0 bridgehead atoms. The van der Waals surface area contributed by atoms with Crippen molar-refractivity contribution < 1.29 is 5.11 Å². The lowest BCUT2D eigenvalue weighted by atomic mass is 10.3. The van der Waals surface area contributed by atoms with Crippen LogP contribution in [-0.2, 0) is 0 Å². The topological polar surface area (TPSA) is 37.3 Å². The largest absolute Gasteiger partial charge is 0.504 e. The highest BCUT2D eigenvalue weighted by Crippen LogP contribution is 2.18. The molecule has 0 saturated carbocycles. The summed E-state index contributed by atoms with van der Waals surface area (Å²) < 4.78 is 0.903. The van der Waals surface area contributed by atoms with Crippen LogP contribution in [0.2, 0.25) is 0 Å². The Balaban J connectivity index is 2.98. The molecule has 0 saturated heterocycles. The van der Waals surface area contributed by atoms with E-state index in [1.165, 1.54) is 23.5 Å². The lowest BCUT2D eigenvalue weighted by Gasteiger charge is -1.75. The fourth-order valence-corrected chi connectivity index (χ4v) is 1.84. The normalized spacial score (nSPS) is 10.3. The molecule has 3 heteroatoms. The summed E-state index contributed by atoms with van der Waals surface area (Å²) in [5.41, 5.74) is -0.326. The van der Waals surface area contributed by atoms with Crippen LogP contribution >= 0.6 is 11.3 Å². The molecule has 0 aliphatic rings. The summed E-state index contributed by atoms with van der Waals surface area (Å²) in [4.78, 5) is 11.1. The molecule has 2 nitrogen and oxygen atoms in total. The monoisotopic (exact) mass is 178 g/mol. The highest BCUT2D eigenvalue weighted by Gasteiger charge is 1.96. The first kappa shape index (κ1) is 7.31. The second-order valence-corrected chi connectivity index (χ2v) is 3.42. The van der Waals surface area contributed by atoms with Crippen molar-refractivity contribution in [3.05, 3.63) is 39.9 Å². The maximum Gasteiger partial charge on any atom is 0.221 e. The van der Waals surface area contributed by atoms with Crippen molar-refractivity contribution >= 4 is 21.4 Å². The summed E-state index contributed by atoms with van der Waals surface area (Å²) >= 11 is 1.49. The van der Waals surface area contributed by atoms with Gasteiger partial charge in [-0.05, 0) is 29.0 Å². The van der Waals surface area contributed by atoms with Gasteiger partial charge in [0.2, 0.25) is 5.43 Å². The molecule has 12 heavy (non-hydrogen) atoms. The Morgan fingerprint density at radius 3 is 2.92 bits per heavy atom. The van der Waals surface area contributed by atoms with E-state index in [0.717, 1.165) is 10.1 Å². The average Bonchev–Trinajstić information content (AvgIpc) is 2.43. The Kier molecular flexibility index (Phi) is 1.59. The van der Waals surface area contributed by atoms with Crippen molar-refractivity contribution in [1.29, 1.82) is 0 Å². The van der Waals surface area contributed by atoms with E-state index in [9.17, 15) is 4.79 Å². The molecular formula is C9H6O2S. The number of aromatic hydroxyl groups is 1. The Labute approximate surface area is 72.7 Å². The molecule has 1 N–H and O–H groups in total. The minimum atomic E-state index is -0.326. The molecule has 2 rings (SSSR count). The quantitative estimate of drug-likeness (QED) is 0.669. The van der Waals surface area contributed by atoms with E-state index in [4.69, 9.17) is 5.11 Å². The summed E-state index contributed by atoms with van der Waals surface area (Å²) in [5, 5.41) is 12.0. The zero-order valence-electron chi connectivity index (χ0n) is 6.15. The Hall–Kier alpha value is -1.35. The van der Waals surface area contributed by atoms with Gasteiger partial charge in [0, 0.05) is 10.8 Å². The third kappa shape index (κ3) is 1.08. The van der Waals surface area contributed by atoms with E-state index in [0.29, 0.717) is 0 Å². The summed E-state index contributed by atoms with van der Waals surface area (Å²) in [7, 11) is 0. The van der Waals surface area contributed by atoms with Crippen LogP contribution in [0.3, 0.4) is 0 Å². The van der Waals surface area contributed by atoms with Gasteiger partial charge in [0.15, 0.2) is 5.75 Å². The molecule has 0 aliphatic heterocycles. The summed E-state index contributed by atoms with van der Waals surface area (Å²) in [6.07, 6.45) is 0. The van der Waals surface area contributed by atoms with Crippen LogP contribution in [0.15, 0.2) is 34.4 Å². The van der Waals surface area contributed by atoms with Gasteiger partial charge in [-0.15, -0.1) is 11.3 Å². The lowest BCUT2D eigenvalue weighted by molar-refractivity contribution is 0.471. The van der Waals surface area contributed by atoms with E-state index >= 15 is 0 Å². The number of fused-ring (bicyclic) bond motifs is 1. The van der Waals surface area contributed by atoms with Gasteiger partial charge in [-0.2, -0.15) is 0 Å². The Bertz CT molecular complexity index is 473. The Morgan fingerprint density at radius 2 is 2.08 bits per heavy atom. The fourth-order valence-electron chi connectivity index (χ4n) is 1.03. The number of hydrogen-bond donors (Lipinski definition) is 1. The smallest absolute Gasteiger partial charge is 0.221 e. The van der Waals surface area contributed by atoms with Crippen LogP contribution < -0.4 is 5.43 Å². The van der Waals surface area contributed by atoms with E-state index in [-0.39, 0.29) is 11.2 Å². The molecule has 0 atom stereocenters. The van der Waals surface area contributed by atoms with Crippen molar-refractivity contribution in [2.45, 2.75) is 0 Å². The van der Waals surface area contributed by atoms with E-state index in [1.807, 2.05) is 11.4 Å². The average molecular weight is 178 g/mol. The van der Waals surface area contributed by atoms with Crippen molar-refractivity contribution in [1.82, 2.24) is 0 Å². The SMILES string of the molecule is O=c1cc2sccc2ccc1O. The van der Waals surface area contributed by atoms with Crippen LogP contribution in [0.1, 0.15) is 0 Å². The predicted octanol–water partition coefficient (Wildman–Crippen LogP) is 1.97. The van der Waals surface area contributed by atoms with Crippen molar-refractivity contribution in [2.75, 3.05) is 0 Å². The lowest BCUT2D eigenvalue weighted by Crippen LogP contribution is -1.91. The highest BCUT2D eigenvalue weighted by atomic mass is 32.1. The number of rotatable bonds is 0. The maximum atomic E-state index is 11.1. The summed E-state index contributed by atoms with van der Waals surface area (Å²) in [6, 6.07) is 6.54. The fraction of sp³-hybridized carbons (Fsp3) is 0. The zero-order valence-corrected chi connectivity index (χ0v) is 6.97. The molecule has 0 amide bonds. The van der Waals surface area contributed by atoms with Gasteiger partial charge >= 0.3 is 0 Å². The first-order valence-corrected chi connectivity index (χ1v) is 4.36. The minimum absolute atomic E-state index is 0.196. The van der Waals surface area contributed by atoms with Crippen molar-refractivity contribution in [2.24, 2.45) is 0 Å². The third-order valence-corrected chi connectivity index (χ3v) is 2.54. The molecule has 1 heterocycles. The van der Waals surface area contributed by atoms with Gasteiger partial charge in [-0.3, -0.25) is 4.79 Å². The molecule has 0 fully saturated rings. The van der Waals surface area contributed by atoms with E-state index < -0.39 is 0 Å². The van der Waals surface area contributed by atoms with Gasteiger partial charge in [-0.25, -0.2) is 0 Å². The van der Waals surface area contributed by atoms with Crippen molar-refractivity contribution in [3.63, 3.8) is 0 Å². The van der Waals surface area contributed by atoms with E-state index in [2.05, 4.69) is 0 Å². The first-order chi connectivity index (χ1) is 5.77. The highest BCUT2D eigenvalue weighted by molar-refractivity contribution is 7.17. The molecule has 0 radical (unpaired) electrons. The van der Waals surface area contributed by atoms with Gasteiger partial charge in [0.05, 0.1) is 0 Å². The predicted molar refractivity (Wildman–Crippen MR) is 49.8 cm³/mol. The first-order valence-electron chi connectivity index (χ1n) is 3.48. The second-order valence-electron chi connectivity index (χ2n) is 2.47. The van der Waals surface area contributed by atoms with Crippen LogP contribution in [0.4, 0.5) is 0 Å². The van der Waals surface area contributed by atoms with Gasteiger partial charge < -0.3 is 5.11 Å². The molecule has 60 valence electrons. The maximum absolute atomic E-state index is 11.1. The molecule has 1 aromatic carbocycles. The molecule has 1 aromatic heterocycles. The van der Waals surface area contributed by atoms with Crippen LogP contribution in [-0.4, -0.2) is 5.11 Å². The number of thiophene rings is 1. The van der Waals surface area contributed by atoms with Gasteiger partial charge in [-0.1, -0.05) is 0 Å². The molecule has 0 unspecified atom stereocenters. The Morgan fingerprint density at radius 1 is 1.25 bits per heavy atom. The number of hydrogen-bond acceptors (Lipinski definition) is 3. The van der Waals surface area contributed by atoms with Crippen LogP contribution in [0.25, 0.3) is 10.1 Å². The van der Waals surface area contributed by atoms with Gasteiger partial charge in [0.1, 0.15) is 0 Å². The standard InChI is InChI=1S/C9H6O2S/c10-7-2-1-6-3-4-12-9(6)5-8(7)11/h1-5H,(H,10,11). The summed E-state index contributed by atoms with van der Waals surface area (Å²) in [6.45, 7) is 0. The summed E-state index contributed by atoms with van der Waals surface area (Å²) in [5.74, 6) is -0.196. The zero-order chi connectivity index (χ0) is 8.55. The van der Waals surface area contributed by atoms with E-state index in [1.54, 1.807) is 6.07 Å². The third-order valence-electron chi connectivity index (χ3n) is 1.66. The van der Waals surface area contributed by atoms with Gasteiger partial charge in [0.25, 0.3) is 0 Å². The molecule has 0 aliphatic carbocycles. The van der Waals surface area contributed by atoms with Crippen molar-refractivity contribution in [3.8, 4) is 5.75 Å². The minimum Gasteiger partial charge on any atom is -0.504 e. The molecule has 0 spiro atoms. The molecule has 2 aromatic rings. The van der Waals surface area contributed by atoms with Crippen LogP contribution in [0, 0.1) is 0 Å².